The topological polar surface area (TPSA) is 61.8 Å². The molecule has 1 fully saturated rings. The average molecular weight is 344 g/mol. The molecule has 0 saturated heterocycles. The second-order valence-corrected chi connectivity index (χ2v) is 6.02. The van der Waals surface area contributed by atoms with Crippen LogP contribution in [0.4, 0.5) is 4.39 Å². The molecule has 0 unspecified atom stereocenters. The maximum atomic E-state index is 13.1. The Balaban J connectivity index is 2.13. The van der Waals surface area contributed by atoms with Gasteiger partial charge >= 0.3 is 0 Å². The molecule has 0 radical (unpaired) electrons. The average Bonchev–Trinajstić information content (AvgIpc) is 2.94. The summed E-state index contributed by atoms with van der Waals surface area (Å²) in [5, 5.41) is 11.8. The predicted molar refractivity (Wildman–Crippen MR) is 80.2 cm³/mol. The summed E-state index contributed by atoms with van der Waals surface area (Å²) in [7, 11) is 0. The van der Waals surface area contributed by atoms with Crippen molar-refractivity contribution in [3.05, 3.63) is 34.1 Å². The lowest BCUT2D eigenvalue weighted by atomic mass is 10.1. The summed E-state index contributed by atoms with van der Waals surface area (Å²) < 4.78 is 13.9. The van der Waals surface area contributed by atoms with E-state index in [-0.39, 0.29) is 11.7 Å². The molecule has 0 spiro atoms. The minimum Gasteiger partial charge on any atom is -0.409 e. The highest BCUT2D eigenvalue weighted by Crippen LogP contribution is 2.27. The Kier molecular flexibility index (Phi) is 5.37. The summed E-state index contributed by atoms with van der Waals surface area (Å²) in [6, 6.07) is 5.13. The quantitative estimate of drug-likeness (QED) is 0.373. The van der Waals surface area contributed by atoms with Crippen molar-refractivity contribution in [3.63, 3.8) is 0 Å². The minimum atomic E-state index is -0.260. The van der Waals surface area contributed by atoms with Crippen LogP contribution < -0.4 is 5.73 Å². The molecule has 0 amide bonds. The van der Waals surface area contributed by atoms with Crippen molar-refractivity contribution < 1.29 is 9.60 Å². The number of hydrogen-bond donors (Lipinski definition) is 2. The molecule has 1 aliphatic rings. The van der Waals surface area contributed by atoms with E-state index in [1.54, 1.807) is 6.07 Å². The van der Waals surface area contributed by atoms with Crippen molar-refractivity contribution in [3.8, 4) is 0 Å². The van der Waals surface area contributed by atoms with Gasteiger partial charge in [-0.3, -0.25) is 4.90 Å². The largest absolute Gasteiger partial charge is 0.409 e. The van der Waals surface area contributed by atoms with Gasteiger partial charge in [-0.1, -0.05) is 40.0 Å². The molecule has 0 bridgehead atoms. The van der Waals surface area contributed by atoms with Crippen molar-refractivity contribution in [2.75, 3.05) is 6.54 Å². The van der Waals surface area contributed by atoms with Gasteiger partial charge in [0.1, 0.15) is 5.82 Å². The van der Waals surface area contributed by atoms with Gasteiger partial charge in [0.25, 0.3) is 0 Å². The van der Waals surface area contributed by atoms with E-state index in [1.807, 2.05) is 0 Å². The zero-order valence-corrected chi connectivity index (χ0v) is 12.8. The molecule has 0 aromatic heterocycles. The first-order valence-electron chi connectivity index (χ1n) is 6.74. The molecule has 1 aromatic rings. The van der Waals surface area contributed by atoms with E-state index in [0.717, 1.165) is 22.9 Å². The molecule has 0 atom stereocenters. The number of nitrogens with zero attached hydrogens (tertiary/aromatic N) is 2. The summed E-state index contributed by atoms with van der Waals surface area (Å²) in [4.78, 5) is 2.19. The van der Waals surface area contributed by atoms with Crippen LogP contribution >= 0.6 is 15.9 Å². The van der Waals surface area contributed by atoms with Crippen molar-refractivity contribution in [1.82, 2.24) is 4.90 Å². The molecule has 110 valence electrons. The van der Waals surface area contributed by atoms with Gasteiger partial charge in [0.05, 0.1) is 6.54 Å². The van der Waals surface area contributed by atoms with E-state index in [2.05, 4.69) is 26.0 Å². The maximum absolute atomic E-state index is 13.1. The first-order chi connectivity index (χ1) is 9.60. The first kappa shape index (κ1) is 15.3. The third-order valence-electron chi connectivity index (χ3n) is 3.72. The second kappa shape index (κ2) is 7.04. The van der Waals surface area contributed by atoms with E-state index >= 15 is 0 Å². The van der Waals surface area contributed by atoms with Crippen LogP contribution in [0, 0.1) is 5.82 Å². The Morgan fingerprint density at radius 3 is 2.75 bits per heavy atom. The molecule has 1 aliphatic carbocycles. The molecule has 3 N–H and O–H groups in total. The monoisotopic (exact) mass is 343 g/mol. The lowest BCUT2D eigenvalue weighted by Crippen LogP contribution is -2.39. The zero-order valence-electron chi connectivity index (χ0n) is 11.2. The molecule has 20 heavy (non-hydrogen) atoms. The Morgan fingerprint density at radius 2 is 2.15 bits per heavy atom. The van der Waals surface area contributed by atoms with Crippen molar-refractivity contribution in [2.24, 2.45) is 10.9 Å². The molecular weight excluding hydrogens is 325 g/mol. The lowest BCUT2D eigenvalue weighted by molar-refractivity contribution is 0.213. The Morgan fingerprint density at radius 1 is 1.45 bits per heavy atom. The maximum Gasteiger partial charge on any atom is 0.153 e. The van der Waals surface area contributed by atoms with Gasteiger partial charge in [0.2, 0.25) is 0 Å². The number of benzene rings is 1. The van der Waals surface area contributed by atoms with E-state index in [9.17, 15) is 4.39 Å². The number of hydrogen-bond acceptors (Lipinski definition) is 3. The molecule has 2 rings (SSSR count). The number of amidine groups is 1. The Bertz CT molecular complexity index is 489. The van der Waals surface area contributed by atoms with Crippen LogP contribution in [0.3, 0.4) is 0 Å². The highest BCUT2D eigenvalue weighted by molar-refractivity contribution is 9.10. The second-order valence-electron chi connectivity index (χ2n) is 5.17. The van der Waals surface area contributed by atoms with Crippen molar-refractivity contribution in [2.45, 2.75) is 38.3 Å². The van der Waals surface area contributed by atoms with Crippen LogP contribution in [-0.2, 0) is 6.54 Å². The first-order valence-corrected chi connectivity index (χ1v) is 7.54. The Labute approximate surface area is 126 Å². The smallest absolute Gasteiger partial charge is 0.153 e. The fraction of sp³-hybridized carbons (Fsp3) is 0.500. The van der Waals surface area contributed by atoms with Gasteiger partial charge in [0.15, 0.2) is 5.84 Å². The van der Waals surface area contributed by atoms with Crippen LogP contribution in [0.2, 0.25) is 0 Å². The fourth-order valence-corrected chi connectivity index (χ4v) is 3.17. The van der Waals surface area contributed by atoms with E-state index in [1.165, 1.54) is 25.0 Å². The zero-order chi connectivity index (χ0) is 14.5. The molecular formula is C14H19BrFN3O. The van der Waals surface area contributed by atoms with Gasteiger partial charge in [-0.25, -0.2) is 4.39 Å². The molecule has 6 heteroatoms. The molecule has 1 saturated carbocycles. The summed E-state index contributed by atoms with van der Waals surface area (Å²) in [5.74, 6) is -0.0559. The fourth-order valence-electron chi connectivity index (χ4n) is 2.69. The highest BCUT2D eigenvalue weighted by Gasteiger charge is 2.24. The third-order valence-corrected chi connectivity index (χ3v) is 4.46. The molecule has 0 aliphatic heterocycles. The molecule has 4 nitrogen and oxygen atoms in total. The normalized spacial score (nSPS) is 17.1. The molecule has 1 aromatic carbocycles. The molecule has 0 heterocycles. The minimum absolute atomic E-state index is 0.204. The van der Waals surface area contributed by atoms with Crippen LogP contribution in [0.5, 0.6) is 0 Å². The summed E-state index contributed by atoms with van der Waals surface area (Å²) >= 11 is 3.39. The van der Waals surface area contributed by atoms with E-state index < -0.39 is 0 Å². The standard InChI is InChI=1S/C14H19BrFN3O/c15-13-7-11(16)6-5-10(13)8-19(9-14(17)18-20)12-3-1-2-4-12/h5-7,12,20H,1-4,8-9H2,(H2,17,18). The number of oxime groups is 1. The van der Waals surface area contributed by atoms with Crippen molar-refractivity contribution >= 4 is 21.8 Å². The summed E-state index contributed by atoms with van der Waals surface area (Å²) in [5.41, 5.74) is 6.65. The lowest BCUT2D eigenvalue weighted by Gasteiger charge is -2.28. The summed E-state index contributed by atoms with van der Waals surface area (Å²) in [6.07, 6.45) is 4.67. The van der Waals surface area contributed by atoms with E-state index in [4.69, 9.17) is 10.9 Å². The van der Waals surface area contributed by atoms with Crippen LogP contribution in [0.15, 0.2) is 27.8 Å². The number of rotatable bonds is 5. The number of halogens is 2. The van der Waals surface area contributed by atoms with Crippen LogP contribution in [-0.4, -0.2) is 28.5 Å². The van der Waals surface area contributed by atoms with Gasteiger partial charge < -0.3 is 10.9 Å². The number of nitrogens with two attached hydrogens (primary N) is 1. The van der Waals surface area contributed by atoms with Crippen LogP contribution in [0.1, 0.15) is 31.2 Å². The van der Waals surface area contributed by atoms with Gasteiger partial charge in [0, 0.05) is 17.1 Å². The van der Waals surface area contributed by atoms with Gasteiger partial charge in [-0.2, -0.15) is 0 Å². The van der Waals surface area contributed by atoms with Crippen LogP contribution in [0.25, 0.3) is 0 Å². The summed E-state index contributed by atoms with van der Waals surface area (Å²) in [6.45, 7) is 1.08. The Hall–Kier alpha value is -1.14. The predicted octanol–water partition coefficient (Wildman–Crippen LogP) is 3.08. The van der Waals surface area contributed by atoms with Crippen molar-refractivity contribution in [1.29, 1.82) is 0 Å². The van der Waals surface area contributed by atoms with E-state index in [0.29, 0.717) is 19.1 Å². The highest BCUT2D eigenvalue weighted by atomic mass is 79.9. The van der Waals surface area contributed by atoms with Gasteiger partial charge in [-0.05, 0) is 30.5 Å². The van der Waals surface area contributed by atoms with Gasteiger partial charge in [-0.15, -0.1) is 0 Å². The third kappa shape index (κ3) is 3.93. The SMILES string of the molecule is NC(CN(Cc1ccc(F)cc1Br)C1CCCC1)=NO.